The molecule has 0 atom stereocenters. The van der Waals surface area contributed by atoms with Crippen molar-refractivity contribution in [2.75, 3.05) is 0 Å². The number of benzene rings is 1. The van der Waals surface area contributed by atoms with E-state index in [1.54, 1.807) is 20.4 Å². The van der Waals surface area contributed by atoms with Gasteiger partial charge in [0, 0.05) is 17.8 Å². The molecule has 0 fully saturated rings. The summed E-state index contributed by atoms with van der Waals surface area (Å²) < 4.78 is 3.29. The van der Waals surface area contributed by atoms with E-state index in [9.17, 15) is 4.79 Å². The van der Waals surface area contributed by atoms with E-state index < -0.39 is 0 Å². The number of aromatic nitrogens is 4. The van der Waals surface area contributed by atoms with Crippen LogP contribution in [-0.2, 0) is 0 Å². The molecule has 0 aliphatic carbocycles. The minimum atomic E-state index is -0.0313. The lowest BCUT2D eigenvalue weighted by atomic mass is 10.3. The molecular formula is C26H32N4OS. The van der Waals surface area contributed by atoms with Crippen molar-refractivity contribution in [3.8, 4) is 5.69 Å². The van der Waals surface area contributed by atoms with Crippen LogP contribution in [0, 0.1) is 20.8 Å². The van der Waals surface area contributed by atoms with Crippen molar-refractivity contribution in [2.24, 2.45) is 0 Å². The molecular weight excluding hydrogens is 416 g/mol. The van der Waals surface area contributed by atoms with Crippen LogP contribution >= 0.6 is 11.3 Å². The highest BCUT2D eigenvalue weighted by molar-refractivity contribution is 7.16. The Hall–Kier alpha value is -3.25. The summed E-state index contributed by atoms with van der Waals surface area (Å²) in [6.45, 7) is 13.8. The second-order valence-corrected chi connectivity index (χ2v) is 7.54. The number of pyridine rings is 1. The lowest BCUT2D eigenvalue weighted by Gasteiger charge is -2.09. The van der Waals surface area contributed by atoms with Crippen molar-refractivity contribution in [3.63, 3.8) is 0 Å². The first-order chi connectivity index (χ1) is 15.5. The molecule has 1 aromatic carbocycles. The molecule has 0 radical (unpaired) electrons. The van der Waals surface area contributed by atoms with Crippen LogP contribution in [0.25, 0.3) is 21.4 Å². The van der Waals surface area contributed by atoms with Crippen LogP contribution < -0.4 is 5.56 Å². The average Bonchev–Trinajstić information content (AvgIpc) is 3.44. The largest absolute Gasteiger partial charge is 0.282 e. The van der Waals surface area contributed by atoms with Crippen LogP contribution in [0.3, 0.4) is 0 Å². The monoisotopic (exact) mass is 448 g/mol. The van der Waals surface area contributed by atoms with Gasteiger partial charge >= 0.3 is 0 Å². The fraction of sp³-hybridized carbons (Fsp3) is 0.269. The number of para-hydroxylation sites is 1. The summed E-state index contributed by atoms with van der Waals surface area (Å²) in [4.78, 5) is 17.9. The van der Waals surface area contributed by atoms with E-state index in [1.807, 2.05) is 90.3 Å². The second kappa shape index (κ2) is 12.0. The smallest absolute Gasteiger partial charge is 0.266 e. The van der Waals surface area contributed by atoms with Gasteiger partial charge in [-0.1, -0.05) is 45.9 Å². The van der Waals surface area contributed by atoms with E-state index >= 15 is 0 Å². The van der Waals surface area contributed by atoms with Gasteiger partial charge in [0.15, 0.2) is 0 Å². The van der Waals surface area contributed by atoms with Crippen LogP contribution in [0.15, 0.2) is 71.1 Å². The maximum Gasteiger partial charge on any atom is 0.282 e. The van der Waals surface area contributed by atoms with Crippen LogP contribution in [0.1, 0.15) is 44.6 Å². The zero-order valence-electron chi connectivity index (χ0n) is 20.0. The Bertz CT molecular complexity index is 1320. The Morgan fingerprint density at radius 1 is 0.906 bits per heavy atom. The molecule has 5 nitrogen and oxygen atoms in total. The van der Waals surface area contributed by atoms with Gasteiger partial charge in [0.25, 0.3) is 5.56 Å². The number of hydrogen-bond acceptors (Lipinski definition) is 4. The van der Waals surface area contributed by atoms with Crippen molar-refractivity contribution < 1.29 is 0 Å². The maximum absolute atomic E-state index is 12.5. The predicted molar refractivity (Wildman–Crippen MR) is 137 cm³/mol. The average molecular weight is 449 g/mol. The summed E-state index contributed by atoms with van der Waals surface area (Å²) in [5.41, 5.74) is 3.61. The van der Waals surface area contributed by atoms with Crippen LogP contribution in [0.2, 0.25) is 0 Å². The zero-order valence-corrected chi connectivity index (χ0v) is 20.8. The Kier molecular flexibility index (Phi) is 9.35. The van der Waals surface area contributed by atoms with Gasteiger partial charge in [-0.2, -0.15) is 5.10 Å². The Balaban J connectivity index is 0.000000219. The summed E-state index contributed by atoms with van der Waals surface area (Å²) in [7, 11) is 0. The number of thiophene rings is 1. The summed E-state index contributed by atoms with van der Waals surface area (Å²) in [6, 6.07) is 15.7. The van der Waals surface area contributed by atoms with Crippen molar-refractivity contribution in [2.45, 2.75) is 48.5 Å². The number of nitrogens with zero attached hydrogens (tertiary/aromatic N) is 4. The van der Waals surface area contributed by atoms with Crippen LogP contribution in [0.4, 0.5) is 0 Å². The Labute approximate surface area is 194 Å². The van der Waals surface area contributed by atoms with E-state index in [0.29, 0.717) is 11.3 Å². The van der Waals surface area contributed by atoms with E-state index in [2.05, 4.69) is 34.5 Å². The first-order valence-corrected chi connectivity index (χ1v) is 11.9. The van der Waals surface area contributed by atoms with E-state index in [0.717, 1.165) is 16.1 Å². The molecule has 0 saturated heterocycles. The molecule has 0 amide bonds. The van der Waals surface area contributed by atoms with E-state index in [4.69, 9.17) is 0 Å². The van der Waals surface area contributed by atoms with Crippen molar-refractivity contribution >= 4 is 27.1 Å². The third-order valence-electron chi connectivity index (χ3n) is 4.51. The highest BCUT2D eigenvalue weighted by Crippen LogP contribution is 2.18. The van der Waals surface area contributed by atoms with Gasteiger partial charge in [-0.15, -0.1) is 11.3 Å². The molecule has 4 heterocycles. The molecule has 0 saturated carbocycles. The van der Waals surface area contributed by atoms with Crippen molar-refractivity contribution in [1.29, 1.82) is 0 Å². The fourth-order valence-electron chi connectivity index (χ4n) is 3.17. The number of hydrogen-bond donors (Lipinski definition) is 0. The summed E-state index contributed by atoms with van der Waals surface area (Å²) in [6.07, 6.45) is 3.72. The SMILES string of the molecule is CC.CC.Cc1ccn2nc(C)n(-c3ccccc3)c(=O)c12.Cc1cnc2sccc2c1. The highest BCUT2D eigenvalue weighted by atomic mass is 32.1. The first-order valence-electron chi connectivity index (χ1n) is 11.0. The van der Waals surface area contributed by atoms with E-state index in [1.165, 1.54) is 10.9 Å². The summed E-state index contributed by atoms with van der Waals surface area (Å²) >= 11 is 1.68. The quantitative estimate of drug-likeness (QED) is 0.285. The third-order valence-corrected chi connectivity index (χ3v) is 5.34. The summed E-state index contributed by atoms with van der Waals surface area (Å²) in [5.74, 6) is 0.675. The normalized spacial score (nSPS) is 9.84. The standard InChI is InChI=1S/C14H13N3O.C8H7NS.2C2H6/c1-10-8-9-16-13(10)14(18)17(11(2)15-16)12-6-4-3-5-7-12;1-6-4-7-2-3-10-8(7)9-5-6;2*1-2/h3-9H,1-2H3;2-5H,1H3;2*1-2H3. The third kappa shape index (κ3) is 5.51. The van der Waals surface area contributed by atoms with Gasteiger partial charge < -0.3 is 0 Å². The number of rotatable bonds is 1. The topological polar surface area (TPSA) is 52.2 Å². The van der Waals surface area contributed by atoms with Gasteiger partial charge in [0.1, 0.15) is 16.2 Å². The molecule has 0 bridgehead atoms. The highest BCUT2D eigenvalue weighted by Gasteiger charge is 2.11. The second-order valence-electron chi connectivity index (χ2n) is 6.64. The molecule has 0 aliphatic rings. The minimum Gasteiger partial charge on any atom is -0.266 e. The molecule has 4 aromatic heterocycles. The predicted octanol–water partition coefficient (Wildman–Crippen LogP) is 6.76. The zero-order chi connectivity index (χ0) is 23.7. The Morgan fingerprint density at radius 3 is 2.28 bits per heavy atom. The molecule has 0 N–H and O–H groups in total. The lowest BCUT2D eigenvalue weighted by molar-refractivity contribution is 0.776. The molecule has 6 heteroatoms. The van der Waals surface area contributed by atoms with Gasteiger partial charge in [0.2, 0.25) is 0 Å². The number of fused-ring (bicyclic) bond motifs is 2. The molecule has 32 heavy (non-hydrogen) atoms. The minimum absolute atomic E-state index is 0.0313. The van der Waals surface area contributed by atoms with Gasteiger partial charge in [-0.3, -0.25) is 9.36 Å². The van der Waals surface area contributed by atoms with Gasteiger partial charge in [-0.05, 0) is 67.6 Å². The van der Waals surface area contributed by atoms with E-state index in [-0.39, 0.29) is 5.56 Å². The molecule has 0 aliphatic heterocycles. The first kappa shape index (κ1) is 25.0. The molecule has 0 spiro atoms. The fourth-order valence-corrected chi connectivity index (χ4v) is 3.89. The molecule has 5 aromatic rings. The molecule has 0 unspecified atom stereocenters. The van der Waals surface area contributed by atoms with Crippen molar-refractivity contribution in [1.82, 2.24) is 19.2 Å². The lowest BCUT2D eigenvalue weighted by Crippen LogP contribution is -2.24. The van der Waals surface area contributed by atoms with Crippen molar-refractivity contribution in [3.05, 3.63) is 93.6 Å². The van der Waals surface area contributed by atoms with Crippen LogP contribution in [0.5, 0.6) is 0 Å². The molecule has 5 rings (SSSR count). The summed E-state index contributed by atoms with van der Waals surface area (Å²) in [5, 5.41) is 7.73. The van der Waals surface area contributed by atoms with Gasteiger partial charge in [-0.25, -0.2) is 9.50 Å². The maximum atomic E-state index is 12.5. The van der Waals surface area contributed by atoms with Gasteiger partial charge in [0.05, 0.1) is 5.69 Å². The van der Waals surface area contributed by atoms with Crippen LogP contribution in [-0.4, -0.2) is 19.2 Å². The molecule has 168 valence electrons. The number of aryl methyl sites for hydroxylation is 3. The Morgan fingerprint density at radius 2 is 1.59 bits per heavy atom.